The van der Waals surface area contributed by atoms with Gasteiger partial charge in [-0.2, -0.15) is 0 Å². The van der Waals surface area contributed by atoms with Gasteiger partial charge in [-0.05, 0) is 37.5 Å². The topological polar surface area (TPSA) is 87.7 Å². The molecule has 2 rings (SSSR count). The fourth-order valence-electron chi connectivity index (χ4n) is 2.63. The van der Waals surface area contributed by atoms with Crippen molar-refractivity contribution in [1.29, 1.82) is 0 Å². The highest BCUT2D eigenvalue weighted by Crippen LogP contribution is 2.28. The molecule has 120 valence electrons. The van der Waals surface area contributed by atoms with Gasteiger partial charge in [-0.3, -0.25) is 9.59 Å². The first kappa shape index (κ1) is 16.3. The lowest BCUT2D eigenvalue weighted by Crippen LogP contribution is -2.44. The average molecular weight is 306 g/mol. The van der Waals surface area contributed by atoms with Crippen LogP contribution in [0.4, 0.5) is 5.69 Å². The van der Waals surface area contributed by atoms with Gasteiger partial charge in [0.25, 0.3) is 0 Å². The fraction of sp³-hybridized carbons (Fsp3) is 0.500. The monoisotopic (exact) mass is 306 g/mol. The number of hydrogen-bond acceptors (Lipinski definition) is 4. The minimum Gasteiger partial charge on any atom is -0.495 e. The predicted molar refractivity (Wildman–Crippen MR) is 82.8 cm³/mol. The van der Waals surface area contributed by atoms with E-state index in [1.54, 1.807) is 12.1 Å². The zero-order valence-electron chi connectivity index (χ0n) is 12.9. The zero-order valence-corrected chi connectivity index (χ0v) is 12.9. The third kappa shape index (κ3) is 3.98. The quantitative estimate of drug-likeness (QED) is 0.733. The number of hydrogen-bond donors (Lipinski definition) is 3. The van der Waals surface area contributed by atoms with Crippen molar-refractivity contribution in [3.63, 3.8) is 0 Å². The molecule has 1 aliphatic rings. The Bertz CT molecular complexity index is 565. The Hall–Kier alpha value is -2.08. The summed E-state index contributed by atoms with van der Waals surface area (Å²) in [7, 11) is 1.50. The SMILES string of the molecule is COc1ccc(C)cc1NC(=O)C(=O)NCC1(O)CCCC1. The van der Waals surface area contributed by atoms with E-state index in [1.807, 2.05) is 13.0 Å². The average Bonchev–Trinajstić information content (AvgIpc) is 2.92. The second kappa shape index (κ2) is 6.79. The molecule has 0 atom stereocenters. The predicted octanol–water partition coefficient (Wildman–Crippen LogP) is 1.36. The van der Waals surface area contributed by atoms with Crippen molar-refractivity contribution in [2.45, 2.75) is 38.2 Å². The minimum atomic E-state index is -0.878. The van der Waals surface area contributed by atoms with Crippen LogP contribution < -0.4 is 15.4 Å². The number of methoxy groups -OCH3 is 1. The molecule has 0 heterocycles. The maximum absolute atomic E-state index is 11.9. The van der Waals surface area contributed by atoms with Gasteiger partial charge in [-0.25, -0.2) is 0 Å². The van der Waals surface area contributed by atoms with E-state index in [0.29, 0.717) is 24.3 Å². The summed E-state index contributed by atoms with van der Waals surface area (Å²) in [5.74, 6) is -1.05. The van der Waals surface area contributed by atoms with Gasteiger partial charge in [0, 0.05) is 6.54 Å². The molecule has 2 amide bonds. The molecule has 1 aromatic carbocycles. The first-order valence-electron chi connectivity index (χ1n) is 7.40. The Morgan fingerprint density at radius 2 is 1.95 bits per heavy atom. The third-order valence-electron chi connectivity index (χ3n) is 3.92. The Balaban J connectivity index is 1.94. The van der Waals surface area contributed by atoms with Gasteiger partial charge in [0.15, 0.2) is 0 Å². The molecule has 0 spiro atoms. The Morgan fingerprint density at radius 1 is 1.27 bits per heavy atom. The summed E-state index contributed by atoms with van der Waals surface area (Å²) in [4.78, 5) is 23.8. The molecule has 6 nitrogen and oxygen atoms in total. The molecule has 0 radical (unpaired) electrons. The van der Waals surface area contributed by atoms with E-state index in [9.17, 15) is 14.7 Å². The van der Waals surface area contributed by atoms with Gasteiger partial charge in [-0.15, -0.1) is 0 Å². The molecule has 1 aliphatic carbocycles. The van der Waals surface area contributed by atoms with E-state index in [-0.39, 0.29) is 6.54 Å². The first-order valence-corrected chi connectivity index (χ1v) is 7.40. The van der Waals surface area contributed by atoms with Crippen LogP contribution in [0, 0.1) is 6.92 Å². The molecular weight excluding hydrogens is 284 g/mol. The second-order valence-electron chi connectivity index (χ2n) is 5.77. The maximum atomic E-state index is 11.9. The second-order valence-corrected chi connectivity index (χ2v) is 5.77. The van der Waals surface area contributed by atoms with Crippen LogP contribution in [0.2, 0.25) is 0 Å². The Kier molecular flexibility index (Phi) is 5.03. The van der Waals surface area contributed by atoms with Gasteiger partial charge < -0.3 is 20.5 Å². The van der Waals surface area contributed by atoms with Crippen LogP contribution in [-0.4, -0.2) is 36.2 Å². The summed E-state index contributed by atoms with van der Waals surface area (Å²) >= 11 is 0. The number of aryl methyl sites for hydroxylation is 1. The summed E-state index contributed by atoms with van der Waals surface area (Å²) in [6.07, 6.45) is 3.19. The zero-order chi connectivity index (χ0) is 16.2. The molecular formula is C16H22N2O4. The van der Waals surface area contributed by atoms with Gasteiger partial charge in [0.05, 0.1) is 18.4 Å². The molecule has 1 saturated carbocycles. The number of rotatable bonds is 4. The van der Waals surface area contributed by atoms with Crippen LogP contribution in [0.3, 0.4) is 0 Å². The third-order valence-corrected chi connectivity index (χ3v) is 3.92. The summed E-state index contributed by atoms with van der Waals surface area (Å²) in [6, 6.07) is 5.31. The molecule has 0 unspecified atom stereocenters. The smallest absolute Gasteiger partial charge is 0.313 e. The van der Waals surface area contributed by atoms with E-state index < -0.39 is 17.4 Å². The number of aliphatic hydroxyl groups is 1. The van der Waals surface area contributed by atoms with E-state index in [1.165, 1.54) is 7.11 Å². The number of amides is 2. The van der Waals surface area contributed by atoms with Crippen molar-refractivity contribution in [2.24, 2.45) is 0 Å². The molecule has 0 aromatic heterocycles. The molecule has 6 heteroatoms. The summed E-state index contributed by atoms with van der Waals surface area (Å²) in [6.45, 7) is 1.98. The van der Waals surface area contributed by atoms with Crippen LogP contribution in [0.1, 0.15) is 31.2 Å². The van der Waals surface area contributed by atoms with Crippen molar-refractivity contribution in [3.8, 4) is 5.75 Å². The van der Waals surface area contributed by atoms with Crippen LogP contribution >= 0.6 is 0 Å². The number of anilines is 1. The standard InChI is InChI=1S/C16H22N2O4/c1-11-5-6-13(22-2)12(9-11)18-15(20)14(19)17-10-16(21)7-3-4-8-16/h5-6,9,21H,3-4,7-8,10H2,1-2H3,(H,17,19)(H,18,20). The lowest BCUT2D eigenvalue weighted by Gasteiger charge is -2.22. The number of nitrogens with one attached hydrogen (secondary N) is 2. The van der Waals surface area contributed by atoms with Crippen molar-refractivity contribution in [2.75, 3.05) is 19.0 Å². The number of carbonyl (C=O) groups is 2. The maximum Gasteiger partial charge on any atom is 0.313 e. The Labute approximate surface area is 129 Å². The molecule has 3 N–H and O–H groups in total. The van der Waals surface area contributed by atoms with E-state index >= 15 is 0 Å². The largest absolute Gasteiger partial charge is 0.495 e. The van der Waals surface area contributed by atoms with Crippen LogP contribution in [0.25, 0.3) is 0 Å². The molecule has 0 bridgehead atoms. The van der Waals surface area contributed by atoms with Crippen LogP contribution in [0.15, 0.2) is 18.2 Å². The van der Waals surface area contributed by atoms with Gasteiger partial charge in [0.2, 0.25) is 0 Å². The fourth-order valence-corrected chi connectivity index (χ4v) is 2.63. The molecule has 1 fully saturated rings. The number of benzene rings is 1. The van der Waals surface area contributed by atoms with Gasteiger partial charge in [0.1, 0.15) is 5.75 Å². The molecule has 1 aromatic rings. The van der Waals surface area contributed by atoms with Crippen LogP contribution in [-0.2, 0) is 9.59 Å². The van der Waals surface area contributed by atoms with Gasteiger partial charge in [-0.1, -0.05) is 18.9 Å². The highest BCUT2D eigenvalue weighted by molar-refractivity contribution is 6.39. The number of carbonyl (C=O) groups excluding carboxylic acids is 2. The van der Waals surface area contributed by atoms with Crippen molar-refractivity contribution >= 4 is 17.5 Å². The molecule has 0 aliphatic heterocycles. The van der Waals surface area contributed by atoms with Crippen molar-refractivity contribution < 1.29 is 19.4 Å². The van der Waals surface area contributed by atoms with Crippen LogP contribution in [0.5, 0.6) is 5.75 Å². The lowest BCUT2D eigenvalue weighted by molar-refractivity contribution is -0.136. The number of ether oxygens (including phenoxy) is 1. The summed E-state index contributed by atoms with van der Waals surface area (Å²) < 4.78 is 5.15. The summed E-state index contributed by atoms with van der Waals surface area (Å²) in [5, 5.41) is 15.2. The van der Waals surface area contributed by atoms with Crippen molar-refractivity contribution in [3.05, 3.63) is 23.8 Å². The molecule has 0 saturated heterocycles. The normalized spacial score (nSPS) is 16.1. The highest BCUT2D eigenvalue weighted by atomic mass is 16.5. The van der Waals surface area contributed by atoms with Gasteiger partial charge >= 0.3 is 11.8 Å². The molecule has 22 heavy (non-hydrogen) atoms. The van der Waals surface area contributed by atoms with E-state index in [2.05, 4.69) is 10.6 Å². The lowest BCUT2D eigenvalue weighted by atomic mass is 10.0. The Morgan fingerprint density at radius 3 is 2.59 bits per heavy atom. The first-order chi connectivity index (χ1) is 10.4. The van der Waals surface area contributed by atoms with E-state index in [0.717, 1.165) is 18.4 Å². The highest BCUT2D eigenvalue weighted by Gasteiger charge is 2.32. The van der Waals surface area contributed by atoms with E-state index in [4.69, 9.17) is 4.74 Å². The minimum absolute atomic E-state index is 0.101. The summed E-state index contributed by atoms with van der Waals surface area (Å²) in [5.41, 5.74) is 0.510. The van der Waals surface area contributed by atoms with Crippen molar-refractivity contribution in [1.82, 2.24) is 5.32 Å².